The van der Waals surface area contributed by atoms with E-state index in [1.54, 1.807) is 19.3 Å². The highest BCUT2D eigenvalue weighted by Crippen LogP contribution is 1.73. The molecule has 0 bridgehead atoms. The molecule has 0 aliphatic carbocycles. The van der Waals surface area contributed by atoms with Crippen molar-refractivity contribution >= 4 is 0 Å². The standard InChI is InChI=1S/C5H5N.C2H6O.2C2H6.2CH4/c1-2-4-6-5-3-1;1-2-3;2*1-2;;/h1-5H;3H,2H2,1H3;2*1-2H3;2*1H4. The minimum absolute atomic E-state index is 0. The maximum absolute atomic E-state index is 7.57. The average Bonchev–Trinajstić information content (AvgIpc) is 2.27. The summed E-state index contributed by atoms with van der Waals surface area (Å²) >= 11 is 0. The average molecular weight is 217 g/mol. The van der Waals surface area contributed by atoms with Gasteiger partial charge in [0.25, 0.3) is 0 Å². The summed E-state index contributed by atoms with van der Waals surface area (Å²) in [4.78, 5) is 3.78. The molecule has 1 N–H and O–H groups in total. The summed E-state index contributed by atoms with van der Waals surface area (Å²) in [5.41, 5.74) is 0. The molecule has 0 saturated carbocycles. The second-order valence-electron chi connectivity index (χ2n) is 1.34. The van der Waals surface area contributed by atoms with Crippen molar-refractivity contribution in [1.82, 2.24) is 4.98 Å². The van der Waals surface area contributed by atoms with Crippen molar-refractivity contribution < 1.29 is 5.11 Å². The van der Waals surface area contributed by atoms with E-state index in [1.165, 1.54) is 0 Å². The molecule has 15 heavy (non-hydrogen) atoms. The van der Waals surface area contributed by atoms with Crippen LogP contribution >= 0.6 is 0 Å². The Hall–Kier alpha value is -0.890. The lowest BCUT2D eigenvalue weighted by molar-refractivity contribution is 0.318. The first-order chi connectivity index (χ1) is 6.41. The highest BCUT2D eigenvalue weighted by atomic mass is 16.2. The van der Waals surface area contributed by atoms with Crippen LogP contribution in [-0.4, -0.2) is 16.7 Å². The quantitative estimate of drug-likeness (QED) is 0.698. The van der Waals surface area contributed by atoms with Crippen LogP contribution in [-0.2, 0) is 0 Å². The normalized spacial score (nSPS) is 5.20. The number of aromatic nitrogens is 1. The second-order valence-corrected chi connectivity index (χ2v) is 1.34. The van der Waals surface area contributed by atoms with Crippen molar-refractivity contribution in [1.29, 1.82) is 0 Å². The van der Waals surface area contributed by atoms with Crippen LogP contribution in [0.2, 0.25) is 0 Å². The number of pyridine rings is 1. The van der Waals surface area contributed by atoms with Crippen LogP contribution in [0, 0.1) is 0 Å². The molecule has 1 heterocycles. The van der Waals surface area contributed by atoms with E-state index < -0.39 is 0 Å². The third kappa shape index (κ3) is 62.0. The molecule has 0 aromatic carbocycles. The van der Waals surface area contributed by atoms with Gasteiger partial charge >= 0.3 is 0 Å². The lowest BCUT2D eigenvalue weighted by Crippen LogP contribution is -1.58. The molecule has 1 aromatic heterocycles. The number of rotatable bonds is 0. The maximum atomic E-state index is 7.57. The van der Waals surface area contributed by atoms with E-state index in [0.29, 0.717) is 0 Å². The summed E-state index contributed by atoms with van der Waals surface area (Å²) in [7, 11) is 0. The maximum Gasteiger partial charge on any atom is 0.0402 e. The molecular formula is C13H31NO. The Labute approximate surface area is 97.4 Å². The van der Waals surface area contributed by atoms with Gasteiger partial charge in [0.05, 0.1) is 0 Å². The van der Waals surface area contributed by atoms with E-state index in [0.717, 1.165) is 0 Å². The van der Waals surface area contributed by atoms with Gasteiger partial charge in [0, 0.05) is 19.0 Å². The molecule has 0 fully saturated rings. The lowest BCUT2D eigenvalue weighted by Gasteiger charge is -1.70. The smallest absolute Gasteiger partial charge is 0.0402 e. The fourth-order valence-corrected chi connectivity index (χ4v) is 0.313. The molecule has 0 unspecified atom stereocenters. The summed E-state index contributed by atoms with van der Waals surface area (Å²) in [5.74, 6) is 0. The SMILES string of the molecule is C.C.CC.CC.CCO.c1ccncc1. The van der Waals surface area contributed by atoms with Crippen molar-refractivity contribution in [3.63, 3.8) is 0 Å². The van der Waals surface area contributed by atoms with Gasteiger partial charge in [-0.2, -0.15) is 0 Å². The third-order valence-electron chi connectivity index (χ3n) is 0.566. The Morgan fingerprint density at radius 3 is 1.20 bits per heavy atom. The number of aliphatic hydroxyl groups excluding tert-OH is 1. The van der Waals surface area contributed by atoms with Crippen LogP contribution < -0.4 is 0 Å². The predicted octanol–water partition coefficient (Wildman–Crippen LogP) is 4.40. The fourth-order valence-electron chi connectivity index (χ4n) is 0.313. The zero-order valence-electron chi connectivity index (χ0n) is 9.49. The molecule has 1 rings (SSSR count). The van der Waals surface area contributed by atoms with Gasteiger partial charge in [-0.1, -0.05) is 48.6 Å². The van der Waals surface area contributed by atoms with Gasteiger partial charge in [-0.05, 0) is 19.1 Å². The minimum Gasteiger partial charge on any atom is -0.397 e. The number of hydrogen-bond donors (Lipinski definition) is 1. The van der Waals surface area contributed by atoms with Crippen LogP contribution in [0.1, 0.15) is 49.5 Å². The van der Waals surface area contributed by atoms with Gasteiger partial charge in [-0.25, -0.2) is 0 Å². The molecule has 0 atom stereocenters. The van der Waals surface area contributed by atoms with E-state index in [-0.39, 0.29) is 21.5 Å². The highest BCUT2D eigenvalue weighted by molar-refractivity contribution is 4.88. The zero-order valence-corrected chi connectivity index (χ0v) is 9.49. The summed E-state index contributed by atoms with van der Waals surface area (Å²) in [6.07, 6.45) is 3.50. The van der Waals surface area contributed by atoms with Gasteiger partial charge in [0.15, 0.2) is 0 Å². The van der Waals surface area contributed by atoms with Crippen molar-refractivity contribution in [3.8, 4) is 0 Å². The van der Waals surface area contributed by atoms with Gasteiger partial charge < -0.3 is 5.11 Å². The predicted molar refractivity (Wildman–Crippen MR) is 73.2 cm³/mol. The Morgan fingerprint density at radius 2 is 1.13 bits per heavy atom. The van der Waals surface area contributed by atoms with E-state index >= 15 is 0 Å². The first kappa shape index (κ1) is 29.2. The van der Waals surface area contributed by atoms with Crippen LogP contribution in [0.25, 0.3) is 0 Å². The molecule has 0 aliphatic rings. The molecular weight excluding hydrogens is 186 g/mol. The van der Waals surface area contributed by atoms with Gasteiger partial charge in [0.1, 0.15) is 0 Å². The molecule has 0 radical (unpaired) electrons. The first-order valence-corrected chi connectivity index (χ1v) is 4.87. The molecule has 0 aliphatic heterocycles. The summed E-state index contributed by atoms with van der Waals surface area (Å²) in [6.45, 7) is 9.93. The molecule has 2 nitrogen and oxygen atoms in total. The van der Waals surface area contributed by atoms with Crippen LogP contribution in [0.3, 0.4) is 0 Å². The zero-order chi connectivity index (χ0) is 10.9. The topological polar surface area (TPSA) is 33.1 Å². The molecule has 2 heteroatoms. The molecule has 94 valence electrons. The number of nitrogens with zero attached hydrogens (tertiary/aromatic N) is 1. The largest absolute Gasteiger partial charge is 0.397 e. The Morgan fingerprint density at radius 1 is 0.867 bits per heavy atom. The second kappa shape index (κ2) is 51.5. The first-order valence-electron chi connectivity index (χ1n) is 4.87. The molecule has 0 amide bonds. The van der Waals surface area contributed by atoms with Crippen molar-refractivity contribution in [2.45, 2.75) is 49.5 Å². The van der Waals surface area contributed by atoms with E-state index in [4.69, 9.17) is 5.11 Å². The Balaban J connectivity index is -0.0000000329. The van der Waals surface area contributed by atoms with Crippen molar-refractivity contribution in [2.24, 2.45) is 0 Å². The summed E-state index contributed by atoms with van der Waals surface area (Å²) < 4.78 is 0. The highest BCUT2D eigenvalue weighted by Gasteiger charge is 1.58. The van der Waals surface area contributed by atoms with Crippen molar-refractivity contribution in [3.05, 3.63) is 30.6 Å². The monoisotopic (exact) mass is 217 g/mol. The van der Waals surface area contributed by atoms with Crippen molar-refractivity contribution in [2.75, 3.05) is 6.61 Å². The third-order valence-corrected chi connectivity index (χ3v) is 0.566. The molecule has 1 aromatic rings. The van der Waals surface area contributed by atoms with E-state index in [1.807, 2.05) is 45.9 Å². The number of hydrogen-bond acceptors (Lipinski definition) is 2. The lowest BCUT2D eigenvalue weighted by atomic mass is 10.5. The fraction of sp³-hybridized carbons (Fsp3) is 0.615. The van der Waals surface area contributed by atoms with Gasteiger partial charge in [-0.3, -0.25) is 4.98 Å². The van der Waals surface area contributed by atoms with Crippen LogP contribution in [0.4, 0.5) is 0 Å². The van der Waals surface area contributed by atoms with E-state index in [9.17, 15) is 0 Å². The Kier molecular flexibility index (Phi) is 100. The van der Waals surface area contributed by atoms with Crippen LogP contribution in [0.15, 0.2) is 30.6 Å². The van der Waals surface area contributed by atoms with Crippen LogP contribution in [0.5, 0.6) is 0 Å². The number of aliphatic hydroxyl groups is 1. The summed E-state index contributed by atoms with van der Waals surface area (Å²) in [6, 6.07) is 5.72. The summed E-state index contributed by atoms with van der Waals surface area (Å²) in [5, 5.41) is 7.57. The molecule has 0 saturated heterocycles. The minimum atomic E-state index is 0. The van der Waals surface area contributed by atoms with Gasteiger partial charge in [-0.15, -0.1) is 0 Å². The molecule has 0 spiro atoms. The Bertz CT molecular complexity index is 93.4. The van der Waals surface area contributed by atoms with E-state index in [2.05, 4.69) is 4.98 Å². The van der Waals surface area contributed by atoms with Gasteiger partial charge in [0.2, 0.25) is 0 Å².